The van der Waals surface area contributed by atoms with E-state index in [1.54, 1.807) is 54.6 Å². The van der Waals surface area contributed by atoms with E-state index >= 15 is 4.39 Å². The van der Waals surface area contributed by atoms with Crippen LogP contribution in [0.4, 0.5) is 10.1 Å². The van der Waals surface area contributed by atoms with Crippen molar-refractivity contribution >= 4 is 27.5 Å². The predicted octanol–water partition coefficient (Wildman–Crippen LogP) is 5.75. The summed E-state index contributed by atoms with van der Waals surface area (Å²) >= 11 is 0. The van der Waals surface area contributed by atoms with E-state index in [0.29, 0.717) is 12.3 Å². The van der Waals surface area contributed by atoms with Crippen molar-refractivity contribution < 1.29 is 27.1 Å². The van der Waals surface area contributed by atoms with Gasteiger partial charge in [-0.25, -0.2) is 12.8 Å². The highest BCUT2D eigenvalue weighted by atomic mass is 32.2. The van der Waals surface area contributed by atoms with E-state index in [1.165, 1.54) is 30.2 Å². The van der Waals surface area contributed by atoms with Gasteiger partial charge >= 0.3 is 0 Å². The zero-order valence-corrected chi connectivity index (χ0v) is 27.3. The Morgan fingerprint density at radius 1 is 0.870 bits per heavy atom. The summed E-state index contributed by atoms with van der Waals surface area (Å²) < 4.78 is 49.6. The van der Waals surface area contributed by atoms with Crippen molar-refractivity contribution in [2.75, 3.05) is 24.5 Å². The number of methoxy groups -OCH3 is 1. The van der Waals surface area contributed by atoms with Gasteiger partial charge < -0.3 is 15.0 Å². The first kappa shape index (κ1) is 34.2. The largest absolute Gasteiger partial charge is 0.497 e. The highest BCUT2D eigenvalue weighted by molar-refractivity contribution is 7.92. The first-order valence-electron chi connectivity index (χ1n) is 15.1. The lowest BCUT2D eigenvalue weighted by atomic mass is 10.0. The van der Waals surface area contributed by atoms with Crippen LogP contribution in [0.5, 0.6) is 5.75 Å². The van der Waals surface area contributed by atoms with Crippen LogP contribution in [0.3, 0.4) is 0 Å². The number of hydrogen-bond donors (Lipinski definition) is 1. The standard InChI is InChI=1S/C36H40FN3O5S/c1-26(2)23-38-36(42)34(22-28-10-6-5-7-11-28)39(24-29-12-8-9-13-33(29)37)35(41)25-40(30-16-18-31(45-4)19-17-30)46(43,44)32-20-14-27(3)15-21-32/h5-21,26,34H,22-25H2,1-4H3,(H,38,42)/t34-/m1/s1. The number of ether oxygens (including phenoxy) is 1. The number of aryl methyl sites for hydroxylation is 1. The van der Waals surface area contributed by atoms with Gasteiger partial charge in [0.1, 0.15) is 24.2 Å². The Balaban J connectivity index is 1.81. The molecule has 0 radical (unpaired) electrons. The average molecular weight is 646 g/mol. The van der Waals surface area contributed by atoms with Crippen LogP contribution >= 0.6 is 0 Å². The summed E-state index contributed by atoms with van der Waals surface area (Å²) in [6, 6.07) is 26.8. The summed E-state index contributed by atoms with van der Waals surface area (Å²) in [6.45, 7) is 5.23. The van der Waals surface area contributed by atoms with Crippen LogP contribution in [-0.2, 0) is 32.6 Å². The summed E-state index contributed by atoms with van der Waals surface area (Å²) in [6.07, 6.45) is 0.137. The molecule has 4 rings (SSSR count). The van der Waals surface area contributed by atoms with Crippen molar-refractivity contribution in [3.8, 4) is 5.75 Å². The molecule has 1 atom stereocenters. The number of amides is 2. The van der Waals surface area contributed by atoms with Gasteiger partial charge in [-0.1, -0.05) is 80.1 Å². The lowest BCUT2D eigenvalue weighted by molar-refractivity contribution is -0.140. The van der Waals surface area contributed by atoms with E-state index in [2.05, 4.69) is 5.32 Å². The molecule has 46 heavy (non-hydrogen) atoms. The summed E-state index contributed by atoms with van der Waals surface area (Å²) in [5.41, 5.74) is 2.09. The zero-order chi connectivity index (χ0) is 33.3. The summed E-state index contributed by atoms with van der Waals surface area (Å²) in [4.78, 5) is 29.5. The van der Waals surface area contributed by atoms with Crippen molar-refractivity contribution in [2.24, 2.45) is 5.92 Å². The first-order valence-corrected chi connectivity index (χ1v) is 16.5. The van der Waals surface area contributed by atoms with Gasteiger partial charge in [0.25, 0.3) is 10.0 Å². The zero-order valence-electron chi connectivity index (χ0n) is 26.5. The number of rotatable bonds is 14. The molecular formula is C36H40FN3O5S. The summed E-state index contributed by atoms with van der Waals surface area (Å²) in [5.74, 6) is -0.980. The third-order valence-electron chi connectivity index (χ3n) is 7.50. The maximum Gasteiger partial charge on any atom is 0.264 e. The number of anilines is 1. The van der Waals surface area contributed by atoms with Crippen LogP contribution in [0.1, 0.15) is 30.5 Å². The molecule has 0 saturated carbocycles. The van der Waals surface area contributed by atoms with Crippen LogP contribution < -0.4 is 14.4 Å². The fourth-order valence-corrected chi connectivity index (χ4v) is 6.32. The van der Waals surface area contributed by atoms with Gasteiger partial charge in [0.15, 0.2) is 0 Å². The van der Waals surface area contributed by atoms with Gasteiger partial charge in [0, 0.05) is 25.1 Å². The second-order valence-electron chi connectivity index (χ2n) is 11.5. The number of halogens is 1. The topological polar surface area (TPSA) is 96.0 Å². The van der Waals surface area contributed by atoms with Crippen LogP contribution in [0.25, 0.3) is 0 Å². The van der Waals surface area contributed by atoms with Gasteiger partial charge in [-0.15, -0.1) is 0 Å². The van der Waals surface area contributed by atoms with Crippen molar-refractivity contribution in [3.05, 3.63) is 126 Å². The molecule has 0 aliphatic carbocycles. The molecule has 1 N–H and O–H groups in total. The predicted molar refractivity (Wildman–Crippen MR) is 177 cm³/mol. The van der Waals surface area contributed by atoms with E-state index in [1.807, 2.05) is 51.1 Å². The molecule has 242 valence electrons. The lowest BCUT2D eigenvalue weighted by Crippen LogP contribution is -2.53. The fourth-order valence-electron chi connectivity index (χ4n) is 4.90. The highest BCUT2D eigenvalue weighted by Crippen LogP contribution is 2.27. The smallest absolute Gasteiger partial charge is 0.264 e. The van der Waals surface area contributed by atoms with Crippen molar-refractivity contribution in [2.45, 2.75) is 44.7 Å². The number of hydrogen-bond acceptors (Lipinski definition) is 5. The Bertz CT molecular complexity index is 1710. The third kappa shape index (κ3) is 8.72. The number of carbonyl (C=O) groups excluding carboxylic acids is 2. The van der Waals surface area contributed by atoms with Gasteiger partial charge in [0.2, 0.25) is 11.8 Å². The molecule has 2 amide bonds. The molecule has 0 aliphatic rings. The molecule has 0 spiro atoms. The second-order valence-corrected chi connectivity index (χ2v) is 13.3. The average Bonchev–Trinajstić information content (AvgIpc) is 3.05. The molecule has 0 heterocycles. The summed E-state index contributed by atoms with van der Waals surface area (Å²) in [5, 5.41) is 2.92. The van der Waals surface area contributed by atoms with Crippen LogP contribution in [0.15, 0.2) is 108 Å². The minimum absolute atomic E-state index is 0.00196. The number of nitrogens with zero attached hydrogens (tertiary/aromatic N) is 2. The molecule has 0 saturated heterocycles. The van der Waals surface area contributed by atoms with E-state index in [4.69, 9.17) is 4.74 Å². The normalized spacial score (nSPS) is 12.0. The van der Waals surface area contributed by atoms with E-state index < -0.39 is 40.2 Å². The molecule has 10 heteroatoms. The quantitative estimate of drug-likeness (QED) is 0.189. The Labute approximate surface area is 270 Å². The summed E-state index contributed by atoms with van der Waals surface area (Å²) in [7, 11) is -2.76. The molecule has 0 unspecified atom stereocenters. The number of sulfonamides is 1. The molecular weight excluding hydrogens is 605 g/mol. The minimum Gasteiger partial charge on any atom is -0.497 e. The Morgan fingerprint density at radius 3 is 2.11 bits per heavy atom. The maximum atomic E-state index is 15.0. The monoisotopic (exact) mass is 645 g/mol. The highest BCUT2D eigenvalue weighted by Gasteiger charge is 2.35. The maximum absolute atomic E-state index is 15.0. The minimum atomic E-state index is -4.26. The van der Waals surface area contributed by atoms with Gasteiger partial charge in [0.05, 0.1) is 17.7 Å². The molecule has 8 nitrogen and oxygen atoms in total. The van der Waals surface area contributed by atoms with Crippen LogP contribution in [0.2, 0.25) is 0 Å². The molecule has 4 aromatic carbocycles. The SMILES string of the molecule is COc1ccc(N(CC(=O)N(Cc2ccccc2F)[C@H](Cc2ccccc2)C(=O)NCC(C)C)S(=O)(=O)c2ccc(C)cc2)cc1. The molecule has 0 bridgehead atoms. The van der Waals surface area contributed by atoms with E-state index in [-0.39, 0.29) is 35.0 Å². The fraction of sp³-hybridized carbons (Fsp3) is 0.278. The lowest BCUT2D eigenvalue weighted by Gasteiger charge is -2.34. The molecule has 0 fully saturated rings. The first-order chi connectivity index (χ1) is 22.0. The van der Waals surface area contributed by atoms with E-state index in [9.17, 15) is 18.0 Å². The second kappa shape index (κ2) is 15.5. The Kier molecular flexibility index (Phi) is 11.5. The molecule has 0 aliphatic heterocycles. The van der Waals surface area contributed by atoms with E-state index in [0.717, 1.165) is 15.4 Å². The number of carbonyl (C=O) groups is 2. The van der Waals surface area contributed by atoms with Crippen molar-refractivity contribution in [1.29, 1.82) is 0 Å². The molecule has 0 aromatic heterocycles. The Hall–Kier alpha value is -4.70. The van der Waals surface area contributed by atoms with Gasteiger partial charge in [-0.2, -0.15) is 0 Å². The van der Waals surface area contributed by atoms with Crippen LogP contribution in [0, 0.1) is 18.7 Å². The third-order valence-corrected chi connectivity index (χ3v) is 9.29. The van der Waals surface area contributed by atoms with Crippen molar-refractivity contribution in [3.63, 3.8) is 0 Å². The Morgan fingerprint density at radius 2 is 1.50 bits per heavy atom. The number of benzene rings is 4. The van der Waals surface area contributed by atoms with Crippen LogP contribution in [-0.4, -0.2) is 51.4 Å². The molecule has 4 aromatic rings. The van der Waals surface area contributed by atoms with Gasteiger partial charge in [-0.3, -0.25) is 13.9 Å². The van der Waals surface area contributed by atoms with Crippen molar-refractivity contribution in [1.82, 2.24) is 10.2 Å². The number of nitrogens with one attached hydrogen (secondary N) is 1. The van der Waals surface area contributed by atoms with Gasteiger partial charge in [-0.05, 0) is 60.9 Å².